The van der Waals surface area contributed by atoms with Crippen molar-refractivity contribution in [2.45, 2.75) is 43.0 Å². The van der Waals surface area contributed by atoms with Crippen LogP contribution in [0.3, 0.4) is 0 Å². The summed E-state index contributed by atoms with van der Waals surface area (Å²) in [6, 6.07) is 0.451. The first-order valence-electron chi connectivity index (χ1n) is 6.48. The number of carbonyl (C=O) groups is 2. The molecule has 104 valence electrons. The van der Waals surface area contributed by atoms with Crippen molar-refractivity contribution in [3.63, 3.8) is 0 Å². The molecule has 0 radical (unpaired) electrons. The molecule has 3 atom stereocenters. The third-order valence-corrected chi connectivity index (χ3v) is 4.88. The van der Waals surface area contributed by atoms with Gasteiger partial charge in [-0.05, 0) is 12.8 Å². The highest BCUT2D eigenvalue weighted by atomic mass is 32.2. The Labute approximate surface area is 117 Å². The molecule has 2 aliphatic heterocycles. The number of terminal acetylenes is 1. The van der Waals surface area contributed by atoms with Crippen LogP contribution in [0.4, 0.5) is 4.79 Å². The molecule has 0 spiro atoms. The van der Waals surface area contributed by atoms with E-state index < -0.39 is 0 Å². The molecular weight excluding hydrogens is 264 g/mol. The van der Waals surface area contributed by atoms with E-state index in [0.717, 1.165) is 25.0 Å². The van der Waals surface area contributed by atoms with Gasteiger partial charge in [0.2, 0.25) is 0 Å². The third-order valence-electron chi connectivity index (χ3n) is 3.37. The zero-order valence-corrected chi connectivity index (χ0v) is 11.5. The molecule has 2 heterocycles. The maximum atomic E-state index is 11.2. The first-order chi connectivity index (χ1) is 9.20. The highest BCUT2D eigenvalue weighted by Gasteiger charge is 2.42. The number of hydrogen-bond donors (Lipinski definition) is 2. The first-order valence-corrected chi connectivity index (χ1v) is 7.53. The van der Waals surface area contributed by atoms with Crippen molar-refractivity contribution in [3.8, 4) is 12.3 Å². The van der Waals surface area contributed by atoms with Gasteiger partial charge in [-0.15, -0.1) is 6.42 Å². The Morgan fingerprint density at radius 2 is 2.32 bits per heavy atom. The van der Waals surface area contributed by atoms with Gasteiger partial charge in [-0.2, -0.15) is 11.8 Å². The number of carbonyl (C=O) groups excluding carboxylic acids is 2. The van der Waals surface area contributed by atoms with Crippen LogP contribution in [-0.4, -0.2) is 41.7 Å². The molecule has 0 aromatic heterocycles. The van der Waals surface area contributed by atoms with Gasteiger partial charge in [0, 0.05) is 17.4 Å². The van der Waals surface area contributed by atoms with E-state index >= 15 is 0 Å². The van der Waals surface area contributed by atoms with Crippen molar-refractivity contribution in [2.24, 2.45) is 0 Å². The quantitative estimate of drug-likeness (QED) is 0.328. The van der Waals surface area contributed by atoms with Crippen LogP contribution >= 0.6 is 11.8 Å². The fourth-order valence-corrected chi connectivity index (χ4v) is 4.00. The summed E-state index contributed by atoms with van der Waals surface area (Å²) in [6.45, 7) is 0.0543. The topological polar surface area (TPSA) is 67.4 Å². The summed E-state index contributed by atoms with van der Waals surface area (Å²) in [4.78, 5) is 22.4. The van der Waals surface area contributed by atoms with E-state index in [2.05, 4.69) is 16.6 Å². The molecule has 19 heavy (non-hydrogen) atoms. The van der Waals surface area contributed by atoms with Crippen LogP contribution in [0.25, 0.3) is 0 Å². The number of thioether (sulfide) groups is 1. The summed E-state index contributed by atoms with van der Waals surface area (Å²) < 4.78 is 4.80. The lowest BCUT2D eigenvalue weighted by molar-refractivity contribution is -0.142. The molecule has 0 bridgehead atoms. The second kappa shape index (κ2) is 6.71. The highest BCUT2D eigenvalue weighted by Crippen LogP contribution is 2.33. The number of amides is 2. The number of unbranched alkanes of at least 4 members (excludes halogenated alkanes) is 1. The first kappa shape index (κ1) is 14.1. The fourth-order valence-electron chi connectivity index (χ4n) is 2.45. The zero-order valence-electron chi connectivity index (χ0n) is 10.7. The number of ether oxygens (including phenoxy) is 1. The van der Waals surface area contributed by atoms with Crippen LogP contribution in [0.1, 0.15) is 25.7 Å². The Bertz CT molecular complexity index is 394. The molecule has 2 aliphatic rings. The molecule has 0 saturated carbocycles. The fraction of sp³-hybridized carbons (Fsp3) is 0.692. The van der Waals surface area contributed by atoms with E-state index in [1.165, 1.54) is 0 Å². The second-order valence-corrected chi connectivity index (χ2v) is 6.00. The number of nitrogens with one attached hydrogen (secondary N) is 2. The van der Waals surface area contributed by atoms with Crippen molar-refractivity contribution in [1.82, 2.24) is 10.6 Å². The standard InChI is InChI=1S/C13H18N2O3S/c1-2-7-18-11(16)6-4-3-5-10-12-9(8-19-10)14-13(17)15-12/h1,9-10,12H,3-8H2,(H2,14,15,17)/t9-,10-,12-/m0/s1. The van der Waals surface area contributed by atoms with Gasteiger partial charge < -0.3 is 15.4 Å². The Kier molecular flexibility index (Phi) is 4.97. The van der Waals surface area contributed by atoms with Crippen LogP contribution in [0.2, 0.25) is 0 Å². The summed E-state index contributed by atoms with van der Waals surface area (Å²) in [5, 5.41) is 6.32. The molecule has 0 unspecified atom stereocenters. The largest absolute Gasteiger partial charge is 0.452 e. The maximum Gasteiger partial charge on any atom is 0.315 e. The SMILES string of the molecule is C#CCOC(=O)CCCC[C@@H]1SC[C@@H]2NC(=O)N[C@@H]21. The predicted molar refractivity (Wildman–Crippen MR) is 73.7 cm³/mol. The third kappa shape index (κ3) is 3.80. The molecule has 0 aliphatic carbocycles. The van der Waals surface area contributed by atoms with Gasteiger partial charge in [0.1, 0.15) is 0 Å². The lowest BCUT2D eigenvalue weighted by atomic mass is 10.0. The Hall–Kier alpha value is -1.35. The van der Waals surface area contributed by atoms with Crippen LogP contribution in [0.5, 0.6) is 0 Å². The van der Waals surface area contributed by atoms with Gasteiger partial charge >= 0.3 is 12.0 Å². The van der Waals surface area contributed by atoms with Crippen molar-refractivity contribution in [1.29, 1.82) is 0 Å². The summed E-state index contributed by atoms with van der Waals surface area (Å²) in [5.74, 6) is 3.01. The van der Waals surface area contributed by atoms with E-state index in [1.807, 2.05) is 11.8 Å². The van der Waals surface area contributed by atoms with E-state index in [1.54, 1.807) is 0 Å². The summed E-state index contributed by atoms with van der Waals surface area (Å²) in [7, 11) is 0. The molecule has 5 nitrogen and oxygen atoms in total. The van der Waals surface area contributed by atoms with Gasteiger partial charge in [0.05, 0.1) is 12.1 Å². The second-order valence-electron chi connectivity index (χ2n) is 4.73. The van der Waals surface area contributed by atoms with Crippen LogP contribution in [0.15, 0.2) is 0 Å². The monoisotopic (exact) mass is 282 g/mol. The average molecular weight is 282 g/mol. The minimum absolute atomic E-state index is 0.0543. The average Bonchev–Trinajstić information content (AvgIpc) is 2.92. The molecule has 0 aromatic carbocycles. The molecule has 2 N–H and O–H groups in total. The number of hydrogen-bond acceptors (Lipinski definition) is 4. The highest BCUT2D eigenvalue weighted by molar-refractivity contribution is 8.00. The van der Waals surface area contributed by atoms with E-state index in [-0.39, 0.29) is 30.7 Å². The van der Waals surface area contributed by atoms with E-state index in [9.17, 15) is 9.59 Å². The zero-order chi connectivity index (χ0) is 13.7. The minimum atomic E-state index is -0.231. The maximum absolute atomic E-state index is 11.2. The van der Waals surface area contributed by atoms with Crippen LogP contribution in [0, 0.1) is 12.3 Å². The van der Waals surface area contributed by atoms with Crippen LogP contribution < -0.4 is 10.6 Å². The van der Waals surface area contributed by atoms with E-state index in [0.29, 0.717) is 11.7 Å². The Morgan fingerprint density at radius 3 is 3.11 bits per heavy atom. The molecule has 0 aromatic rings. The number of fused-ring (bicyclic) bond motifs is 1. The lowest BCUT2D eigenvalue weighted by Gasteiger charge is -2.16. The molecular formula is C13H18N2O3S. The summed E-state index contributed by atoms with van der Waals surface area (Å²) in [5.41, 5.74) is 0. The van der Waals surface area contributed by atoms with Crippen molar-refractivity contribution in [3.05, 3.63) is 0 Å². The Morgan fingerprint density at radius 1 is 1.47 bits per heavy atom. The van der Waals surface area contributed by atoms with E-state index in [4.69, 9.17) is 11.2 Å². The van der Waals surface area contributed by atoms with Crippen molar-refractivity contribution in [2.75, 3.05) is 12.4 Å². The lowest BCUT2D eigenvalue weighted by Crippen LogP contribution is -2.36. The molecule has 6 heteroatoms. The number of esters is 1. The summed E-state index contributed by atoms with van der Waals surface area (Å²) >= 11 is 1.89. The van der Waals surface area contributed by atoms with Gasteiger partial charge in [-0.1, -0.05) is 12.3 Å². The molecule has 2 amide bonds. The van der Waals surface area contributed by atoms with Crippen LogP contribution in [-0.2, 0) is 9.53 Å². The Balaban J connectivity index is 1.60. The number of urea groups is 1. The minimum Gasteiger partial charge on any atom is -0.452 e. The van der Waals surface area contributed by atoms with Gasteiger partial charge in [0.15, 0.2) is 6.61 Å². The normalized spacial score (nSPS) is 28.2. The van der Waals surface area contributed by atoms with Gasteiger partial charge in [-0.25, -0.2) is 4.79 Å². The number of rotatable bonds is 6. The molecule has 2 saturated heterocycles. The van der Waals surface area contributed by atoms with Crippen molar-refractivity contribution >= 4 is 23.8 Å². The summed E-state index contributed by atoms with van der Waals surface area (Å²) in [6.07, 6.45) is 8.19. The smallest absolute Gasteiger partial charge is 0.315 e. The predicted octanol–water partition coefficient (Wildman–Crippen LogP) is 0.889. The van der Waals surface area contributed by atoms with Gasteiger partial charge in [0.25, 0.3) is 0 Å². The molecule has 2 fully saturated rings. The molecule has 2 rings (SSSR count). The van der Waals surface area contributed by atoms with Gasteiger partial charge in [-0.3, -0.25) is 4.79 Å². The van der Waals surface area contributed by atoms with Crippen molar-refractivity contribution < 1.29 is 14.3 Å².